The molecule has 0 bridgehead atoms. The van der Waals surface area contributed by atoms with Gasteiger partial charge in [0.25, 0.3) is 0 Å². The fourth-order valence-electron chi connectivity index (χ4n) is 10.2. The van der Waals surface area contributed by atoms with Gasteiger partial charge in [0.05, 0.1) is 22.5 Å². The molecule has 2 aliphatic carbocycles. The number of hydrogen-bond donors (Lipinski definition) is 0. The van der Waals surface area contributed by atoms with E-state index in [4.69, 9.17) is 4.42 Å². The predicted octanol–water partition coefficient (Wildman–Crippen LogP) is 14.0. The molecule has 3 nitrogen and oxygen atoms in total. The van der Waals surface area contributed by atoms with Crippen LogP contribution in [-0.4, -0.2) is 10.6 Å². The third-order valence-electron chi connectivity index (χ3n) is 12.6. The smallest absolute Gasteiger partial charge is 0.137 e. The van der Waals surface area contributed by atoms with E-state index in [0.717, 1.165) is 45.4 Å². The quantitative estimate of drug-likeness (QED) is 0.169. The van der Waals surface area contributed by atoms with Crippen LogP contribution in [0.5, 0.6) is 0 Å². The first-order valence-corrected chi connectivity index (χ1v) is 20.2. The highest BCUT2D eigenvalue weighted by atomic mass is 16.3. The van der Waals surface area contributed by atoms with E-state index in [1.807, 2.05) is 6.07 Å². The Morgan fingerprint density at radius 2 is 1.10 bits per heavy atom. The second-order valence-corrected chi connectivity index (χ2v) is 15.6. The summed E-state index contributed by atoms with van der Waals surface area (Å²) >= 11 is 0. The van der Waals surface area contributed by atoms with Crippen molar-refractivity contribution in [3.63, 3.8) is 0 Å². The molecule has 0 fully saturated rings. The van der Waals surface area contributed by atoms with Crippen molar-refractivity contribution in [3.05, 3.63) is 240 Å². The Bertz CT molecular complexity index is 3220. The van der Waals surface area contributed by atoms with Crippen LogP contribution < -0.4 is 4.90 Å². The van der Waals surface area contributed by atoms with Gasteiger partial charge in [-0.3, -0.25) is 0 Å². The molecule has 0 N–H and O–H groups in total. The van der Waals surface area contributed by atoms with Crippen molar-refractivity contribution in [2.45, 2.75) is 17.9 Å². The largest absolute Gasteiger partial charge is 0.456 e. The molecular formula is C55H38N2O. The maximum Gasteiger partial charge on any atom is 0.137 e. The maximum atomic E-state index is 6.55. The summed E-state index contributed by atoms with van der Waals surface area (Å²) in [7, 11) is 0. The van der Waals surface area contributed by atoms with E-state index in [0.29, 0.717) is 0 Å². The van der Waals surface area contributed by atoms with Crippen LogP contribution in [0.1, 0.15) is 28.7 Å². The SMILES string of the molecule is C1=C2C(=CC(N(c3ccc4c(c3)oc3ccccc34)c3ccc4c(c3)c3ccccc3n4-c3ccccc3)C1)C(c1ccccc1)(c1ccccc1)c1ccccc12. The Kier molecular flexibility index (Phi) is 7.27. The molecule has 2 heterocycles. The monoisotopic (exact) mass is 742 g/mol. The van der Waals surface area contributed by atoms with Gasteiger partial charge in [0.15, 0.2) is 0 Å². The summed E-state index contributed by atoms with van der Waals surface area (Å²) < 4.78 is 8.94. The summed E-state index contributed by atoms with van der Waals surface area (Å²) in [6.07, 6.45) is 5.92. The number of allylic oxidation sites excluding steroid dienone is 2. The Hall–Kier alpha value is -7.36. The highest BCUT2D eigenvalue weighted by molar-refractivity contribution is 6.11. The molecule has 58 heavy (non-hydrogen) atoms. The van der Waals surface area contributed by atoms with Crippen LogP contribution in [0, 0.1) is 0 Å². The summed E-state index contributed by atoms with van der Waals surface area (Å²) in [5, 5.41) is 4.72. The van der Waals surface area contributed by atoms with E-state index < -0.39 is 5.41 Å². The molecule has 0 saturated heterocycles. The lowest BCUT2D eigenvalue weighted by Gasteiger charge is -2.38. The Labute approximate surface area is 337 Å². The van der Waals surface area contributed by atoms with Crippen molar-refractivity contribution in [2.24, 2.45) is 0 Å². The van der Waals surface area contributed by atoms with E-state index in [9.17, 15) is 0 Å². The molecule has 8 aromatic carbocycles. The van der Waals surface area contributed by atoms with Crippen LogP contribution >= 0.6 is 0 Å². The van der Waals surface area contributed by atoms with Crippen molar-refractivity contribution in [1.82, 2.24) is 4.57 Å². The lowest BCUT2D eigenvalue weighted by Crippen LogP contribution is -2.34. The molecular weight excluding hydrogens is 705 g/mol. The first-order valence-electron chi connectivity index (χ1n) is 20.2. The third-order valence-corrected chi connectivity index (χ3v) is 12.6. The number of rotatable bonds is 6. The Morgan fingerprint density at radius 3 is 1.90 bits per heavy atom. The Morgan fingerprint density at radius 1 is 0.500 bits per heavy atom. The maximum absolute atomic E-state index is 6.55. The van der Waals surface area contributed by atoms with Crippen molar-refractivity contribution >= 4 is 60.7 Å². The number of furan rings is 1. The summed E-state index contributed by atoms with van der Waals surface area (Å²) in [6, 6.07) is 72.9. The Balaban J connectivity index is 1.11. The fourth-order valence-corrected chi connectivity index (χ4v) is 10.2. The second-order valence-electron chi connectivity index (χ2n) is 15.6. The zero-order chi connectivity index (χ0) is 38.2. The third kappa shape index (κ3) is 4.74. The summed E-state index contributed by atoms with van der Waals surface area (Å²) in [5.41, 5.74) is 14.9. The second kappa shape index (κ2) is 12.8. The lowest BCUT2D eigenvalue weighted by molar-refractivity contribution is 0.668. The minimum absolute atomic E-state index is 0.00149. The molecule has 2 aliphatic rings. The molecule has 2 aromatic heterocycles. The minimum atomic E-state index is -0.481. The minimum Gasteiger partial charge on any atom is -0.456 e. The molecule has 0 spiro atoms. The van der Waals surface area contributed by atoms with Gasteiger partial charge in [-0.1, -0.05) is 152 Å². The normalized spacial score (nSPS) is 15.7. The number of para-hydroxylation sites is 3. The highest BCUT2D eigenvalue weighted by Crippen LogP contribution is 2.59. The zero-order valence-corrected chi connectivity index (χ0v) is 31.8. The number of hydrogen-bond acceptors (Lipinski definition) is 2. The topological polar surface area (TPSA) is 21.3 Å². The summed E-state index contributed by atoms with van der Waals surface area (Å²) in [4.78, 5) is 2.55. The summed E-state index contributed by atoms with van der Waals surface area (Å²) in [6.45, 7) is 0. The van der Waals surface area contributed by atoms with Gasteiger partial charge in [-0.2, -0.15) is 0 Å². The van der Waals surface area contributed by atoms with Crippen LogP contribution in [0.15, 0.2) is 222 Å². The van der Waals surface area contributed by atoms with Crippen molar-refractivity contribution in [2.75, 3.05) is 4.90 Å². The van der Waals surface area contributed by atoms with Crippen molar-refractivity contribution in [1.29, 1.82) is 0 Å². The van der Waals surface area contributed by atoms with Gasteiger partial charge in [-0.25, -0.2) is 0 Å². The van der Waals surface area contributed by atoms with E-state index in [1.54, 1.807) is 0 Å². The van der Waals surface area contributed by atoms with Crippen molar-refractivity contribution < 1.29 is 4.42 Å². The lowest BCUT2D eigenvalue weighted by atomic mass is 9.66. The van der Waals surface area contributed by atoms with Crippen LogP contribution in [0.3, 0.4) is 0 Å². The summed E-state index contributed by atoms with van der Waals surface area (Å²) in [5.74, 6) is 0. The molecule has 0 radical (unpaired) electrons. The molecule has 0 saturated carbocycles. The number of aromatic nitrogens is 1. The molecule has 12 rings (SSSR count). The molecule has 3 heteroatoms. The van der Waals surface area contributed by atoms with Gasteiger partial charge in [0.2, 0.25) is 0 Å². The number of fused-ring (bicyclic) bond motifs is 9. The van der Waals surface area contributed by atoms with Gasteiger partial charge < -0.3 is 13.9 Å². The average molecular weight is 743 g/mol. The first kappa shape index (κ1) is 32.8. The molecule has 0 amide bonds. The predicted molar refractivity (Wildman–Crippen MR) is 240 cm³/mol. The van der Waals surface area contributed by atoms with E-state index in [2.05, 4.69) is 216 Å². The van der Waals surface area contributed by atoms with Gasteiger partial charge in [0.1, 0.15) is 11.2 Å². The number of benzene rings is 8. The molecule has 1 unspecified atom stereocenters. The number of nitrogens with zero attached hydrogens (tertiary/aromatic N) is 2. The highest BCUT2D eigenvalue weighted by Gasteiger charge is 2.49. The van der Waals surface area contributed by atoms with Gasteiger partial charge in [-0.15, -0.1) is 0 Å². The average Bonchev–Trinajstić information content (AvgIpc) is 3.93. The van der Waals surface area contributed by atoms with E-state index in [-0.39, 0.29) is 6.04 Å². The molecule has 274 valence electrons. The van der Waals surface area contributed by atoms with Crippen LogP contribution in [0.4, 0.5) is 11.4 Å². The fraction of sp³-hybridized carbons (Fsp3) is 0.0545. The first-order chi connectivity index (χ1) is 28.8. The van der Waals surface area contributed by atoms with E-state index >= 15 is 0 Å². The number of anilines is 2. The molecule has 10 aromatic rings. The van der Waals surface area contributed by atoms with Crippen LogP contribution in [0.2, 0.25) is 0 Å². The van der Waals surface area contributed by atoms with Crippen LogP contribution in [0.25, 0.3) is 55.0 Å². The molecule has 1 atom stereocenters. The van der Waals surface area contributed by atoms with Gasteiger partial charge in [-0.05, 0) is 94.4 Å². The standard InChI is InChI=1S/C55H38N2O/c1-4-16-37(17-5-1)55(38-18-6-2-7-19-38)49-25-13-10-22-43(49)44-31-28-41(35-50(44)55)56(42-29-32-47-46-24-12-15-27-53(46)58-54(47)36-42)40-30-33-52-48(34-40)45-23-11-14-26-51(45)57(52)39-20-8-3-9-21-39/h1-27,29-36,41H,28H2. The molecule has 0 aliphatic heterocycles. The van der Waals surface area contributed by atoms with Gasteiger partial charge in [0, 0.05) is 44.7 Å². The van der Waals surface area contributed by atoms with E-state index in [1.165, 1.54) is 55.2 Å². The zero-order valence-electron chi connectivity index (χ0n) is 31.8. The van der Waals surface area contributed by atoms with Crippen molar-refractivity contribution in [3.8, 4) is 5.69 Å². The van der Waals surface area contributed by atoms with Crippen LogP contribution in [-0.2, 0) is 5.41 Å². The van der Waals surface area contributed by atoms with Gasteiger partial charge >= 0.3 is 0 Å².